The normalized spacial score (nSPS) is 11.3. The fourth-order valence-corrected chi connectivity index (χ4v) is 3.34. The molecule has 0 atom stereocenters. The third-order valence-electron chi connectivity index (χ3n) is 4.42. The number of benzene rings is 2. The zero-order chi connectivity index (χ0) is 17.4. The minimum Gasteiger partial charge on any atom is -0.456 e. The Hall–Kier alpha value is -3.12. The van der Waals surface area contributed by atoms with Crippen LogP contribution in [0.25, 0.3) is 38.0 Å². The fourth-order valence-electron chi connectivity index (χ4n) is 3.34. The topological polar surface area (TPSA) is 30.4 Å². The minimum atomic E-state index is 0.453. The number of rotatable bonds is 3. The average Bonchev–Trinajstić information content (AvgIpc) is 3.01. The number of hydrogen-bond donors (Lipinski definition) is 0. The SMILES string of the molecule is [C-]#[N+]c1ccc2c(oc3c(-c4ccccn4)cccc32)c1CC(C)C. The first-order chi connectivity index (χ1) is 12.2. The van der Waals surface area contributed by atoms with Crippen molar-refractivity contribution in [3.05, 3.63) is 71.7 Å². The van der Waals surface area contributed by atoms with E-state index in [0.717, 1.165) is 45.2 Å². The Labute approximate surface area is 146 Å². The zero-order valence-corrected chi connectivity index (χ0v) is 14.3. The fraction of sp³-hybridized carbons (Fsp3) is 0.182. The lowest BCUT2D eigenvalue weighted by atomic mass is 9.98. The second kappa shape index (κ2) is 6.07. The van der Waals surface area contributed by atoms with Crippen molar-refractivity contribution >= 4 is 27.6 Å². The lowest BCUT2D eigenvalue weighted by molar-refractivity contribution is 0.625. The van der Waals surface area contributed by atoms with E-state index in [9.17, 15) is 0 Å². The van der Waals surface area contributed by atoms with E-state index in [4.69, 9.17) is 11.0 Å². The van der Waals surface area contributed by atoms with E-state index in [0.29, 0.717) is 11.6 Å². The predicted molar refractivity (Wildman–Crippen MR) is 102 cm³/mol. The predicted octanol–water partition coefficient (Wildman–Crippen LogP) is 6.40. The van der Waals surface area contributed by atoms with Crippen LogP contribution >= 0.6 is 0 Å². The molecule has 4 rings (SSSR count). The first kappa shape index (κ1) is 15.4. The maximum Gasteiger partial charge on any atom is 0.194 e. The smallest absolute Gasteiger partial charge is 0.194 e. The van der Waals surface area contributed by atoms with E-state index < -0.39 is 0 Å². The molecule has 0 aliphatic carbocycles. The van der Waals surface area contributed by atoms with E-state index in [-0.39, 0.29) is 0 Å². The van der Waals surface area contributed by atoms with Crippen LogP contribution < -0.4 is 0 Å². The number of hydrogen-bond acceptors (Lipinski definition) is 2. The Morgan fingerprint density at radius 3 is 2.56 bits per heavy atom. The maximum absolute atomic E-state index is 7.49. The van der Waals surface area contributed by atoms with Gasteiger partial charge >= 0.3 is 0 Å². The molecular weight excluding hydrogens is 308 g/mol. The van der Waals surface area contributed by atoms with Gasteiger partial charge in [0, 0.05) is 28.1 Å². The molecule has 0 aliphatic heterocycles. The summed E-state index contributed by atoms with van der Waals surface area (Å²) in [6, 6.07) is 15.9. The van der Waals surface area contributed by atoms with E-state index >= 15 is 0 Å². The third kappa shape index (κ3) is 2.56. The van der Waals surface area contributed by atoms with Gasteiger partial charge in [0.25, 0.3) is 0 Å². The molecule has 3 nitrogen and oxygen atoms in total. The summed E-state index contributed by atoms with van der Waals surface area (Å²) in [5.74, 6) is 0.453. The summed E-state index contributed by atoms with van der Waals surface area (Å²) in [4.78, 5) is 8.17. The van der Waals surface area contributed by atoms with Crippen LogP contribution in [-0.2, 0) is 6.42 Å². The lowest BCUT2D eigenvalue weighted by Crippen LogP contribution is -1.94. The summed E-state index contributed by atoms with van der Waals surface area (Å²) < 4.78 is 6.33. The number of furan rings is 1. The largest absolute Gasteiger partial charge is 0.456 e. The van der Waals surface area contributed by atoms with Gasteiger partial charge in [0.2, 0.25) is 0 Å². The molecule has 4 aromatic rings. The Kier molecular flexibility index (Phi) is 3.74. The van der Waals surface area contributed by atoms with Gasteiger partial charge in [0.1, 0.15) is 11.2 Å². The van der Waals surface area contributed by atoms with Crippen molar-refractivity contribution in [2.24, 2.45) is 5.92 Å². The van der Waals surface area contributed by atoms with Gasteiger partial charge in [-0.2, -0.15) is 0 Å². The quantitative estimate of drug-likeness (QED) is 0.408. The lowest BCUT2D eigenvalue weighted by Gasteiger charge is -2.07. The Morgan fingerprint density at radius 2 is 1.84 bits per heavy atom. The Bertz CT molecular complexity index is 1100. The van der Waals surface area contributed by atoms with Gasteiger partial charge in [-0.25, -0.2) is 4.85 Å². The van der Waals surface area contributed by atoms with Gasteiger partial charge in [0.05, 0.1) is 12.3 Å². The van der Waals surface area contributed by atoms with Crippen molar-refractivity contribution in [3.63, 3.8) is 0 Å². The van der Waals surface area contributed by atoms with Crippen LogP contribution in [0.1, 0.15) is 19.4 Å². The summed E-state index contributed by atoms with van der Waals surface area (Å²) in [5, 5.41) is 2.13. The van der Waals surface area contributed by atoms with Crippen molar-refractivity contribution in [2.45, 2.75) is 20.3 Å². The highest BCUT2D eigenvalue weighted by molar-refractivity contribution is 6.11. The molecule has 3 heteroatoms. The summed E-state index contributed by atoms with van der Waals surface area (Å²) in [7, 11) is 0. The van der Waals surface area contributed by atoms with Crippen LogP contribution in [-0.4, -0.2) is 4.98 Å². The second-order valence-electron chi connectivity index (χ2n) is 6.65. The van der Waals surface area contributed by atoms with Crippen molar-refractivity contribution in [3.8, 4) is 11.3 Å². The van der Waals surface area contributed by atoms with Crippen LogP contribution in [0.5, 0.6) is 0 Å². The molecule has 0 saturated carbocycles. The van der Waals surface area contributed by atoms with E-state index in [2.05, 4.69) is 29.7 Å². The summed E-state index contributed by atoms with van der Waals surface area (Å²) >= 11 is 0. The first-order valence-electron chi connectivity index (χ1n) is 8.45. The van der Waals surface area contributed by atoms with Crippen molar-refractivity contribution < 1.29 is 4.42 Å². The summed E-state index contributed by atoms with van der Waals surface area (Å²) in [6.07, 6.45) is 2.62. The van der Waals surface area contributed by atoms with Crippen LogP contribution in [0.15, 0.2) is 59.1 Å². The summed E-state index contributed by atoms with van der Waals surface area (Å²) in [6.45, 7) is 11.8. The highest BCUT2D eigenvalue weighted by Gasteiger charge is 2.18. The van der Waals surface area contributed by atoms with E-state index in [1.807, 2.05) is 42.5 Å². The Morgan fingerprint density at radius 1 is 1.00 bits per heavy atom. The van der Waals surface area contributed by atoms with Crippen LogP contribution in [0.2, 0.25) is 0 Å². The molecule has 0 radical (unpaired) electrons. The van der Waals surface area contributed by atoms with Gasteiger partial charge in [0.15, 0.2) is 5.69 Å². The van der Waals surface area contributed by atoms with Gasteiger partial charge in [-0.3, -0.25) is 4.98 Å². The zero-order valence-electron chi connectivity index (χ0n) is 14.3. The molecule has 0 aliphatic rings. The second-order valence-corrected chi connectivity index (χ2v) is 6.65. The molecule has 2 aromatic carbocycles. The number of fused-ring (bicyclic) bond motifs is 3. The van der Waals surface area contributed by atoms with E-state index in [1.54, 1.807) is 6.20 Å². The molecule has 0 saturated heterocycles. The van der Waals surface area contributed by atoms with Crippen LogP contribution in [0.4, 0.5) is 5.69 Å². The standard InChI is InChI=1S/C22H18N2O/c1-14(2)13-18-19(23-3)11-10-16-15-7-6-8-17(21(15)25-22(16)18)20-9-4-5-12-24-20/h4-12,14H,13H2,1-2H3. The highest BCUT2D eigenvalue weighted by atomic mass is 16.3. The van der Waals surface area contributed by atoms with Gasteiger partial charge in [-0.15, -0.1) is 0 Å². The van der Waals surface area contributed by atoms with Crippen LogP contribution in [0, 0.1) is 12.5 Å². The molecule has 2 heterocycles. The first-order valence-corrected chi connectivity index (χ1v) is 8.45. The molecule has 0 bridgehead atoms. The number of aromatic nitrogens is 1. The monoisotopic (exact) mass is 326 g/mol. The molecule has 0 fully saturated rings. The summed E-state index contributed by atoms with van der Waals surface area (Å²) in [5.41, 5.74) is 5.23. The van der Waals surface area contributed by atoms with E-state index in [1.165, 1.54) is 0 Å². The molecule has 0 N–H and O–H groups in total. The molecule has 25 heavy (non-hydrogen) atoms. The van der Waals surface area contributed by atoms with Crippen LogP contribution in [0.3, 0.4) is 0 Å². The number of nitrogens with zero attached hydrogens (tertiary/aromatic N) is 2. The highest BCUT2D eigenvalue weighted by Crippen LogP contribution is 2.39. The minimum absolute atomic E-state index is 0.453. The van der Waals surface area contributed by atoms with Crippen molar-refractivity contribution in [1.29, 1.82) is 0 Å². The molecular formula is C22H18N2O. The third-order valence-corrected chi connectivity index (χ3v) is 4.42. The average molecular weight is 326 g/mol. The molecule has 0 spiro atoms. The maximum atomic E-state index is 7.49. The number of pyridine rings is 1. The molecule has 0 unspecified atom stereocenters. The van der Waals surface area contributed by atoms with Gasteiger partial charge < -0.3 is 4.42 Å². The van der Waals surface area contributed by atoms with Gasteiger partial charge in [-0.1, -0.05) is 44.2 Å². The van der Waals surface area contributed by atoms with Gasteiger partial charge in [-0.05, 0) is 30.5 Å². The van der Waals surface area contributed by atoms with Crippen molar-refractivity contribution in [1.82, 2.24) is 4.98 Å². The van der Waals surface area contributed by atoms with Crippen molar-refractivity contribution in [2.75, 3.05) is 0 Å². The molecule has 2 aromatic heterocycles. The molecule has 122 valence electrons. The Balaban J connectivity index is 2.06. The number of para-hydroxylation sites is 1. The molecule has 0 amide bonds.